The molecule has 324 valence electrons. The Kier molecular flexibility index (Phi) is 13.1. The second-order valence-electron chi connectivity index (χ2n) is 15.4. The van der Waals surface area contributed by atoms with Crippen LogP contribution in [0.2, 0.25) is 0 Å². The van der Waals surface area contributed by atoms with Crippen molar-refractivity contribution in [3.63, 3.8) is 0 Å². The number of fused-ring (bicyclic) bond motifs is 2. The number of amides is 1. The van der Waals surface area contributed by atoms with Crippen molar-refractivity contribution in [2.75, 3.05) is 10.6 Å². The van der Waals surface area contributed by atoms with Crippen LogP contribution in [0.25, 0.3) is 66.8 Å². The van der Waals surface area contributed by atoms with Gasteiger partial charge in [-0.2, -0.15) is 5.26 Å². The number of primary amides is 1. The number of nitrogens with zero attached hydrogens (tertiary/aromatic N) is 9. The summed E-state index contributed by atoms with van der Waals surface area (Å²) in [5.41, 5.74) is 16.1. The van der Waals surface area contributed by atoms with Gasteiger partial charge in [-0.05, 0) is 81.9 Å². The van der Waals surface area contributed by atoms with Gasteiger partial charge in [0.05, 0.1) is 65.2 Å². The molecular formula is C54H42N12O. The van der Waals surface area contributed by atoms with Crippen LogP contribution in [0, 0.1) is 11.3 Å². The molecular weight excluding hydrogens is 833 g/mol. The van der Waals surface area contributed by atoms with E-state index in [0.717, 1.165) is 78.0 Å². The normalized spacial score (nSPS) is 10.7. The van der Waals surface area contributed by atoms with E-state index in [9.17, 15) is 4.79 Å². The molecule has 0 saturated carbocycles. The van der Waals surface area contributed by atoms with E-state index in [1.54, 1.807) is 37.2 Å². The van der Waals surface area contributed by atoms with Crippen molar-refractivity contribution in [2.24, 2.45) is 5.73 Å². The molecule has 4 N–H and O–H groups in total. The summed E-state index contributed by atoms with van der Waals surface area (Å²) < 4.78 is 0. The van der Waals surface area contributed by atoms with E-state index in [2.05, 4.69) is 73.0 Å². The van der Waals surface area contributed by atoms with Crippen molar-refractivity contribution in [2.45, 2.75) is 25.9 Å². The molecule has 0 radical (unpaired) electrons. The minimum absolute atomic E-state index is 0.108. The molecule has 0 aliphatic carbocycles. The standard InChI is InChI=1S/C27H22N6O.C27H20N6/c28-24(34)14-18-13-20(16-29-15-18)26-32-23-11-6-10-22(19-7-2-1-3-8-19)25(23)27(33-26)31-17-21-9-4-5-12-30-21;28-13-12-19-15-21(17-29-16-19)26-32-24-11-6-10-23(20-7-2-1-3-8-20)25(24)27(33-26)31-18-22-9-4-5-14-30-22/h1-13,15-16H,14,17H2,(H2,28,34)(H,31,32,33);1-11,14-17H,12,18H2,(H,31,32,33). The average Bonchev–Trinajstić information content (AvgIpc) is 3.38. The summed E-state index contributed by atoms with van der Waals surface area (Å²) in [7, 11) is 0. The third-order valence-electron chi connectivity index (χ3n) is 10.7. The van der Waals surface area contributed by atoms with Crippen LogP contribution in [0.1, 0.15) is 22.5 Å². The highest BCUT2D eigenvalue weighted by Crippen LogP contribution is 2.36. The van der Waals surface area contributed by atoms with Crippen molar-refractivity contribution in [1.82, 2.24) is 39.9 Å². The summed E-state index contributed by atoms with van der Waals surface area (Å²) in [6.45, 7) is 1.04. The number of pyridine rings is 4. The molecule has 6 aromatic heterocycles. The predicted molar refractivity (Wildman–Crippen MR) is 262 cm³/mol. The first-order valence-electron chi connectivity index (χ1n) is 21.5. The molecule has 13 heteroatoms. The lowest BCUT2D eigenvalue weighted by Gasteiger charge is -2.14. The Balaban J connectivity index is 0.000000168. The summed E-state index contributed by atoms with van der Waals surface area (Å²) in [4.78, 5) is 48.3. The Bertz CT molecular complexity index is 3350. The van der Waals surface area contributed by atoms with Crippen molar-refractivity contribution in [1.29, 1.82) is 5.26 Å². The summed E-state index contributed by atoms with van der Waals surface area (Å²) in [6, 6.07) is 50.1. The third kappa shape index (κ3) is 10.4. The fourth-order valence-electron chi connectivity index (χ4n) is 7.66. The van der Waals surface area contributed by atoms with Crippen LogP contribution in [0.5, 0.6) is 0 Å². The highest BCUT2D eigenvalue weighted by atomic mass is 16.1. The molecule has 0 atom stereocenters. The van der Waals surface area contributed by atoms with Gasteiger partial charge in [0.15, 0.2) is 11.6 Å². The van der Waals surface area contributed by atoms with Crippen LogP contribution in [0.15, 0.2) is 183 Å². The molecule has 0 bridgehead atoms. The van der Waals surface area contributed by atoms with Gasteiger partial charge in [0.2, 0.25) is 5.91 Å². The van der Waals surface area contributed by atoms with Crippen LogP contribution >= 0.6 is 0 Å². The predicted octanol–water partition coefficient (Wildman–Crippen LogP) is 9.83. The number of benzene rings is 4. The molecule has 67 heavy (non-hydrogen) atoms. The van der Waals surface area contributed by atoms with Crippen LogP contribution in [0.4, 0.5) is 11.6 Å². The highest BCUT2D eigenvalue weighted by Gasteiger charge is 2.17. The molecule has 6 heterocycles. The van der Waals surface area contributed by atoms with Crippen molar-refractivity contribution in [3.8, 4) is 51.1 Å². The Morgan fingerprint density at radius 1 is 0.522 bits per heavy atom. The molecule has 10 rings (SSSR count). The first-order chi connectivity index (χ1) is 33.0. The molecule has 0 aliphatic heterocycles. The minimum atomic E-state index is -0.413. The van der Waals surface area contributed by atoms with E-state index in [-0.39, 0.29) is 12.8 Å². The maximum atomic E-state index is 11.4. The van der Waals surface area contributed by atoms with Crippen molar-refractivity contribution >= 4 is 39.3 Å². The molecule has 13 nitrogen and oxygen atoms in total. The van der Waals surface area contributed by atoms with Crippen molar-refractivity contribution < 1.29 is 4.79 Å². The van der Waals surface area contributed by atoms with Crippen LogP contribution in [-0.2, 0) is 30.7 Å². The smallest absolute Gasteiger partial charge is 0.221 e. The third-order valence-corrected chi connectivity index (χ3v) is 10.7. The van der Waals surface area contributed by atoms with E-state index in [4.69, 9.17) is 30.9 Å². The zero-order valence-corrected chi connectivity index (χ0v) is 36.2. The molecule has 0 fully saturated rings. The Morgan fingerprint density at radius 3 is 1.46 bits per heavy atom. The van der Waals surface area contributed by atoms with E-state index in [1.807, 2.05) is 109 Å². The Labute approximate surface area is 386 Å². The monoisotopic (exact) mass is 874 g/mol. The SMILES string of the molecule is N#CCc1cncc(-c2nc(NCc3ccccn3)c3c(-c4ccccc4)cccc3n2)c1.NC(=O)Cc1cncc(-c2nc(NCc3ccccn3)c3c(-c4ccccc4)cccc3n2)c1. The van der Waals surface area contributed by atoms with E-state index < -0.39 is 5.91 Å². The number of anilines is 2. The maximum absolute atomic E-state index is 11.4. The lowest BCUT2D eigenvalue weighted by atomic mass is 10.0. The second kappa shape index (κ2) is 20.5. The molecule has 1 amide bonds. The first-order valence-corrected chi connectivity index (χ1v) is 21.5. The molecule has 0 saturated heterocycles. The Morgan fingerprint density at radius 2 is 1.00 bits per heavy atom. The molecule has 4 aromatic carbocycles. The van der Waals surface area contributed by atoms with Gasteiger partial charge in [-0.15, -0.1) is 0 Å². The van der Waals surface area contributed by atoms with Crippen LogP contribution in [0.3, 0.4) is 0 Å². The fourth-order valence-corrected chi connectivity index (χ4v) is 7.66. The van der Waals surface area contributed by atoms with Gasteiger partial charge in [-0.1, -0.05) is 97.1 Å². The average molecular weight is 875 g/mol. The van der Waals surface area contributed by atoms with Gasteiger partial charge in [-0.25, -0.2) is 19.9 Å². The number of aromatic nitrogens is 8. The minimum Gasteiger partial charge on any atom is -0.369 e. The summed E-state index contributed by atoms with van der Waals surface area (Å²) in [6.07, 6.45) is 10.7. The lowest BCUT2D eigenvalue weighted by Crippen LogP contribution is -2.13. The van der Waals surface area contributed by atoms with Gasteiger partial charge >= 0.3 is 0 Å². The number of hydrogen-bond acceptors (Lipinski definition) is 12. The number of nitriles is 1. The van der Waals surface area contributed by atoms with Crippen LogP contribution < -0.4 is 16.4 Å². The number of rotatable bonds is 13. The van der Waals surface area contributed by atoms with Gasteiger partial charge in [0, 0.05) is 48.3 Å². The maximum Gasteiger partial charge on any atom is 0.221 e. The van der Waals surface area contributed by atoms with Gasteiger partial charge < -0.3 is 16.4 Å². The highest BCUT2D eigenvalue weighted by molar-refractivity contribution is 6.03. The zero-order chi connectivity index (χ0) is 45.8. The van der Waals surface area contributed by atoms with Gasteiger partial charge in [-0.3, -0.25) is 24.7 Å². The first kappa shape index (κ1) is 43.0. The van der Waals surface area contributed by atoms with Crippen LogP contribution in [-0.4, -0.2) is 45.8 Å². The Hall–Kier alpha value is -9.28. The molecule has 10 aromatic rings. The number of hydrogen-bond donors (Lipinski definition) is 3. The van der Waals surface area contributed by atoms with Crippen molar-refractivity contribution in [3.05, 3.63) is 205 Å². The van der Waals surface area contributed by atoms with Gasteiger partial charge in [0.1, 0.15) is 11.6 Å². The number of nitrogens with one attached hydrogen (secondary N) is 2. The number of carbonyl (C=O) groups is 1. The molecule has 0 aliphatic rings. The molecule has 0 spiro atoms. The summed E-state index contributed by atoms with van der Waals surface area (Å²) >= 11 is 0. The van der Waals surface area contributed by atoms with E-state index in [0.29, 0.717) is 36.1 Å². The fraction of sp³-hybridized carbons (Fsp3) is 0.0741. The second-order valence-corrected chi connectivity index (χ2v) is 15.4. The molecule has 0 unspecified atom stereocenters. The topological polar surface area (TPSA) is 194 Å². The number of nitrogens with two attached hydrogens (primary N) is 1. The van der Waals surface area contributed by atoms with E-state index >= 15 is 0 Å². The summed E-state index contributed by atoms with van der Waals surface area (Å²) in [5, 5.41) is 17.9. The summed E-state index contributed by atoms with van der Waals surface area (Å²) in [5.74, 6) is 2.09. The van der Waals surface area contributed by atoms with Gasteiger partial charge in [0.25, 0.3) is 0 Å². The van der Waals surface area contributed by atoms with E-state index in [1.165, 1.54) is 0 Å². The quantitative estimate of drug-likeness (QED) is 0.0994. The lowest BCUT2D eigenvalue weighted by molar-refractivity contribution is -0.117. The number of carbonyl (C=O) groups excluding carboxylic acids is 1. The largest absolute Gasteiger partial charge is 0.369 e. The zero-order valence-electron chi connectivity index (χ0n) is 36.2.